The Bertz CT molecular complexity index is 1890. The van der Waals surface area contributed by atoms with E-state index in [4.69, 9.17) is 4.98 Å². The molecule has 0 radical (unpaired) electrons. The van der Waals surface area contributed by atoms with Gasteiger partial charge in [0.05, 0.1) is 18.1 Å². The van der Waals surface area contributed by atoms with Crippen molar-refractivity contribution in [2.24, 2.45) is 0 Å². The van der Waals surface area contributed by atoms with Gasteiger partial charge in [-0.05, 0) is 51.6 Å². The Morgan fingerprint density at radius 2 is 1.27 bits per heavy atom. The molecule has 2 heteroatoms. The van der Waals surface area contributed by atoms with Gasteiger partial charge in [-0.15, -0.1) is 6.08 Å². The first-order valence-electron chi connectivity index (χ1n) is 13.7. The zero-order chi connectivity index (χ0) is 26.7. The number of pyridine rings is 1. The van der Waals surface area contributed by atoms with Crippen LogP contribution < -0.4 is 0 Å². The highest BCUT2D eigenvalue weighted by Crippen LogP contribution is 2.58. The molecule has 2 aliphatic heterocycles. The summed E-state index contributed by atoms with van der Waals surface area (Å²) in [6, 6.07) is 42.3. The van der Waals surface area contributed by atoms with Crippen LogP contribution in [0.1, 0.15) is 33.5 Å². The minimum Gasteiger partial charge on any atom is -0.290 e. The van der Waals surface area contributed by atoms with Crippen LogP contribution in [0.25, 0.3) is 40.2 Å². The summed E-state index contributed by atoms with van der Waals surface area (Å²) < 4.78 is 2.12. The molecular weight excluding hydrogens is 484 g/mol. The molecule has 2 nitrogen and oxygen atoms in total. The van der Waals surface area contributed by atoms with Crippen molar-refractivity contribution < 1.29 is 4.58 Å². The average Bonchev–Trinajstić information content (AvgIpc) is 3.31. The molecule has 8 rings (SSSR count). The maximum absolute atomic E-state index is 5.45. The summed E-state index contributed by atoms with van der Waals surface area (Å²) in [7, 11) is 0. The Hall–Kier alpha value is -5.21. The van der Waals surface area contributed by atoms with E-state index in [2.05, 4.69) is 157 Å². The first-order valence-corrected chi connectivity index (χ1v) is 13.7. The average molecular weight is 511 g/mol. The van der Waals surface area contributed by atoms with Crippen molar-refractivity contribution in [3.8, 4) is 22.4 Å². The molecule has 1 aliphatic carbocycles. The number of benzene rings is 4. The molecule has 0 unspecified atom stereocenters. The van der Waals surface area contributed by atoms with Gasteiger partial charge >= 0.3 is 0 Å². The second kappa shape index (κ2) is 8.65. The summed E-state index contributed by atoms with van der Waals surface area (Å²) in [6.45, 7) is 4.68. The Morgan fingerprint density at radius 1 is 0.650 bits per heavy atom. The zero-order valence-electron chi connectivity index (χ0n) is 22.0. The van der Waals surface area contributed by atoms with E-state index in [9.17, 15) is 0 Å². The van der Waals surface area contributed by atoms with Gasteiger partial charge in [0, 0.05) is 11.1 Å². The van der Waals surface area contributed by atoms with Crippen LogP contribution in [0.2, 0.25) is 0 Å². The summed E-state index contributed by atoms with van der Waals surface area (Å²) in [5, 5.41) is 0. The summed E-state index contributed by atoms with van der Waals surface area (Å²) >= 11 is 0. The number of hydrogen-bond donors (Lipinski definition) is 0. The highest BCUT2D eigenvalue weighted by molar-refractivity contribution is 5.86. The maximum atomic E-state index is 5.45. The largest absolute Gasteiger partial charge is 0.290 e. The molecule has 40 heavy (non-hydrogen) atoms. The molecule has 188 valence electrons. The Labute approximate surface area is 234 Å². The third-order valence-electron chi connectivity index (χ3n) is 8.39. The van der Waals surface area contributed by atoms with Gasteiger partial charge in [0.15, 0.2) is 0 Å². The van der Waals surface area contributed by atoms with Gasteiger partial charge in [0.25, 0.3) is 0 Å². The lowest BCUT2D eigenvalue weighted by Crippen LogP contribution is -2.40. The van der Waals surface area contributed by atoms with Crippen LogP contribution >= 0.6 is 0 Å². The first-order chi connectivity index (χ1) is 19.7. The van der Waals surface area contributed by atoms with Crippen LogP contribution in [0.15, 0.2) is 133 Å². The van der Waals surface area contributed by atoms with E-state index in [-0.39, 0.29) is 0 Å². The van der Waals surface area contributed by atoms with E-state index in [1.807, 2.05) is 0 Å². The van der Waals surface area contributed by atoms with E-state index in [0.717, 1.165) is 45.4 Å². The SMILES string of the molecule is C=[N+]1C2=CC=C[C-]1C1(c3cccc(n3)-c3cccc(c3)/C=C\c3cccc2c3)c2ccccc2-c2ccccc21. The molecule has 0 N–H and O–H groups in total. The number of rotatable bonds is 0. The molecule has 1 spiro atoms. The van der Waals surface area contributed by atoms with Crippen molar-refractivity contribution in [1.29, 1.82) is 0 Å². The van der Waals surface area contributed by atoms with Gasteiger partial charge in [-0.3, -0.25) is 9.56 Å². The molecule has 0 saturated heterocycles. The van der Waals surface area contributed by atoms with E-state index in [1.165, 1.54) is 22.3 Å². The Morgan fingerprint density at radius 3 is 2.00 bits per heavy atom. The van der Waals surface area contributed by atoms with E-state index in [1.54, 1.807) is 0 Å². The molecule has 8 bridgehead atoms. The van der Waals surface area contributed by atoms with Crippen LogP contribution in [0.3, 0.4) is 0 Å². The predicted octanol–water partition coefficient (Wildman–Crippen LogP) is 8.40. The van der Waals surface area contributed by atoms with Crippen LogP contribution in [0.5, 0.6) is 0 Å². The lowest BCUT2D eigenvalue weighted by molar-refractivity contribution is -0.408. The fraction of sp³-hybridized carbons (Fsp3) is 0.0263. The number of nitrogens with zero attached hydrogens (tertiary/aromatic N) is 2. The molecular formula is C38H26N2. The minimum atomic E-state index is -0.644. The molecule has 4 aromatic carbocycles. The van der Waals surface area contributed by atoms with Gasteiger partial charge in [-0.25, -0.2) is 0 Å². The topological polar surface area (TPSA) is 15.9 Å². The summed E-state index contributed by atoms with van der Waals surface area (Å²) in [6.07, 6.45) is 10.9. The summed E-state index contributed by atoms with van der Waals surface area (Å²) in [4.78, 5) is 5.45. The number of allylic oxidation sites excluding steroid dienone is 2. The molecule has 0 fully saturated rings. The quantitative estimate of drug-likeness (QED) is 0.151. The molecule has 0 saturated carbocycles. The smallest absolute Gasteiger partial charge is 0.130 e. The van der Waals surface area contributed by atoms with Crippen LogP contribution in [0.4, 0.5) is 0 Å². The van der Waals surface area contributed by atoms with Crippen LogP contribution in [-0.4, -0.2) is 16.3 Å². The van der Waals surface area contributed by atoms with Crippen molar-refractivity contribution in [3.05, 3.63) is 173 Å². The maximum Gasteiger partial charge on any atom is 0.130 e. The number of fused-ring (bicyclic) bond motifs is 17. The fourth-order valence-corrected chi connectivity index (χ4v) is 6.64. The molecule has 3 aliphatic rings. The van der Waals surface area contributed by atoms with E-state index >= 15 is 0 Å². The van der Waals surface area contributed by atoms with Gasteiger partial charge in [0.2, 0.25) is 0 Å². The Kier molecular flexibility index (Phi) is 4.92. The molecule has 0 amide bonds. The van der Waals surface area contributed by atoms with Crippen LogP contribution in [-0.2, 0) is 5.41 Å². The number of hydrogen-bond acceptors (Lipinski definition) is 1. The van der Waals surface area contributed by atoms with Crippen LogP contribution in [0, 0.1) is 6.04 Å². The second-order valence-electron chi connectivity index (χ2n) is 10.6. The molecule has 1 aromatic heterocycles. The normalized spacial score (nSPS) is 16.4. The van der Waals surface area contributed by atoms with Gasteiger partial charge in [-0.1, -0.05) is 121 Å². The molecule has 5 aromatic rings. The van der Waals surface area contributed by atoms with Gasteiger partial charge in [0.1, 0.15) is 17.2 Å². The minimum absolute atomic E-state index is 0.644. The Balaban J connectivity index is 1.50. The summed E-state index contributed by atoms with van der Waals surface area (Å²) in [5.41, 5.74) is 11.8. The van der Waals surface area contributed by atoms with Crippen molar-refractivity contribution in [3.63, 3.8) is 0 Å². The monoisotopic (exact) mass is 510 g/mol. The van der Waals surface area contributed by atoms with Crippen molar-refractivity contribution >= 4 is 24.6 Å². The predicted molar refractivity (Wildman–Crippen MR) is 165 cm³/mol. The third kappa shape index (κ3) is 3.20. The lowest BCUT2D eigenvalue weighted by atomic mass is 9.68. The first kappa shape index (κ1) is 22.7. The molecule has 0 atom stereocenters. The van der Waals surface area contributed by atoms with E-state index in [0.29, 0.717) is 0 Å². The number of aromatic nitrogens is 1. The van der Waals surface area contributed by atoms with Gasteiger partial charge < -0.3 is 0 Å². The second-order valence-corrected chi connectivity index (χ2v) is 10.6. The summed E-state index contributed by atoms with van der Waals surface area (Å²) in [5.74, 6) is 0. The fourth-order valence-electron chi connectivity index (χ4n) is 6.64. The zero-order valence-corrected chi connectivity index (χ0v) is 22.0. The standard InChI is InChI=1S/C38H26N2/c1-40-35-19-9-21-37(40)38(32-16-4-2-14-30(32)31-15-3-5-17-33(31)38)36-20-8-18-34(39-36)28-12-6-10-26(24-28)22-23-27-11-7-13-29(35)25-27/h2-25H,1H2/b23-22-. The highest BCUT2D eigenvalue weighted by atomic mass is 15.1. The van der Waals surface area contributed by atoms with Gasteiger partial charge in [-0.2, -0.15) is 0 Å². The van der Waals surface area contributed by atoms with Crippen molar-refractivity contribution in [2.75, 3.05) is 0 Å². The highest BCUT2D eigenvalue weighted by Gasteiger charge is 2.53. The van der Waals surface area contributed by atoms with Crippen molar-refractivity contribution in [1.82, 2.24) is 4.98 Å². The molecule has 3 heterocycles. The van der Waals surface area contributed by atoms with E-state index < -0.39 is 5.41 Å². The van der Waals surface area contributed by atoms with Crippen molar-refractivity contribution in [2.45, 2.75) is 5.41 Å². The lowest BCUT2D eigenvalue weighted by Gasteiger charge is -2.40. The third-order valence-corrected chi connectivity index (χ3v) is 8.39.